The minimum absolute atomic E-state index is 0.0839. The van der Waals surface area contributed by atoms with E-state index in [4.69, 9.17) is 15.0 Å². The summed E-state index contributed by atoms with van der Waals surface area (Å²) in [6, 6.07) is 67.5. The largest absolute Gasteiger partial charge is 0.307 e. The van der Waals surface area contributed by atoms with Crippen molar-refractivity contribution < 1.29 is 0 Å². The Morgan fingerprint density at radius 2 is 0.906 bits per heavy atom. The van der Waals surface area contributed by atoms with E-state index in [1.54, 1.807) is 0 Å². The lowest BCUT2D eigenvalue weighted by atomic mass is 9.63. The fourth-order valence-corrected chi connectivity index (χ4v) is 10.4. The standard InChI is InChI=1S/C59H47N5/c1-58(2)34-35-59(3,4)49-37-41(30-33-48(49)58)43-24-11-14-27-50(43)63-51-28-15-12-25-44(51)46-31-32-47-45-26-13-16-29-52(45)64(54(47)53(46)63)57-61-55(39-20-9-6-10-21-39)60-56(62-57)42-23-17-22-40(36-42)38-18-7-5-8-19-38/h5-33,36-37H,34-35H2,1-4H3. The van der Waals surface area contributed by atoms with Gasteiger partial charge >= 0.3 is 0 Å². The van der Waals surface area contributed by atoms with E-state index in [-0.39, 0.29) is 10.8 Å². The Balaban J connectivity index is 1.17. The second-order valence-electron chi connectivity index (χ2n) is 18.7. The molecule has 1 aliphatic rings. The normalized spacial score (nSPS) is 14.4. The van der Waals surface area contributed by atoms with Crippen LogP contribution in [-0.4, -0.2) is 24.1 Å². The third-order valence-electron chi connectivity index (χ3n) is 13.9. The monoisotopic (exact) mass is 825 g/mol. The van der Waals surface area contributed by atoms with Crippen molar-refractivity contribution in [2.45, 2.75) is 51.4 Å². The van der Waals surface area contributed by atoms with Crippen molar-refractivity contribution in [3.8, 4) is 56.7 Å². The van der Waals surface area contributed by atoms with Gasteiger partial charge in [-0.2, -0.15) is 9.97 Å². The van der Waals surface area contributed by atoms with Crippen molar-refractivity contribution in [2.75, 3.05) is 0 Å². The van der Waals surface area contributed by atoms with E-state index in [2.05, 4.69) is 201 Å². The minimum atomic E-state index is 0.0839. The molecule has 3 aromatic heterocycles. The van der Waals surface area contributed by atoms with Gasteiger partial charge in [0.2, 0.25) is 5.95 Å². The number of benzene rings is 8. The molecule has 0 fully saturated rings. The molecular weight excluding hydrogens is 779 g/mol. The molecule has 0 N–H and O–H groups in total. The van der Waals surface area contributed by atoms with E-state index < -0.39 is 0 Å². The van der Waals surface area contributed by atoms with Crippen LogP contribution in [0.1, 0.15) is 51.7 Å². The van der Waals surface area contributed by atoms with Crippen molar-refractivity contribution in [1.29, 1.82) is 0 Å². The molecule has 0 aliphatic heterocycles. The van der Waals surface area contributed by atoms with E-state index in [9.17, 15) is 0 Å². The second-order valence-corrected chi connectivity index (χ2v) is 18.7. The fraction of sp³-hybridized carbons (Fsp3) is 0.136. The van der Waals surface area contributed by atoms with Gasteiger partial charge in [-0.1, -0.05) is 191 Å². The van der Waals surface area contributed by atoms with E-state index in [1.165, 1.54) is 39.4 Å². The first kappa shape index (κ1) is 38.1. The molecule has 0 spiro atoms. The lowest BCUT2D eigenvalue weighted by molar-refractivity contribution is 0.332. The minimum Gasteiger partial charge on any atom is -0.307 e. The highest BCUT2D eigenvalue weighted by atomic mass is 15.2. The van der Waals surface area contributed by atoms with E-state index in [0.29, 0.717) is 17.6 Å². The maximum Gasteiger partial charge on any atom is 0.238 e. The summed E-state index contributed by atoms with van der Waals surface area (Å²) in [5.41, 5.74) is 15.1. The van der Waals surface area contributed by atoms with E-state index >= 15 is 0 Å². The molecule has 1 aliphatic carbocycles. The van der Waals surface area contributed by atoms with Crippen LogP contribution in [0.3, 0.4) is 0 Å². The summed E-state index contributed by atoms with van der Waals surface area (Å²) in [4.78, 5) is 16.0. The smallest absolute Gasteiger partial charge is 0.238 e. The zero-order valence-corrected chi connectivity index (χ0v) is 36.5. The van der Waals surface area contributed by atoms with Gasteiger partial charge in [0, 0.05) is 38.2 Å². The van der Waals surface area contributed by atoms with Gasteiger partial charge in [0.1, 0.15) is 0 Å². The predicted molar refractivity (Wildman–Crippen MR) is 266 cm³/mol. The lowest BCUT2D eigenvalue weighted by Crippen LogP contribution is -2.33. The molecule has 308 valence electrons. The Kier molecular flexibility index (Phi) is 8.61. The van der Waals surface area contributed by atoms with Crippen LogP contribution in [-0.2, 0) is 10.8 Å². The first-order valence-corrected chi connectivity index (χ1v) is 22.4. The van der Waals surface area contributed by atoms with Crippen molar-refractivity contribution in [2.24, 2.45) is 0 Å². The summed E-state index contributed by atoms with van der Waals surface area (Å²) < 4.78 is 4.78. The summed E-state index contributed by atoms with van der Waals surface area (Å²) in [5.74, 6) is 1.80. The van der Waals surface area contributed by atoms with Crippen LogP contribution in [0, 0.1) is 0 Å². The SMILES string of the molecule is CC1(C)CCC(C)(C)c2cc(-c3ccccc3-n3c4ccccc4c4ccc5c6ccccc6n(-c6nc(-c7ccccc7)nc(-c7cccc(-c8ccccc8)c7)n6)c5c43)ccc21. The zero-order valence-electron chi connectivity index (χ0n) is 36.5. The first-order valence-electron chi connectivity index (χ1n) is 22.4. The summed E-state index contributed by atoms with van der Waals surface area (Å²) in [7, 11) is 0. The Labute approximate surface area is 373 Å². The highest BCUT2D eigenvalue weighted by molar-refractivity contribution is 6.24. The number of nitrogens with zero attached hydrogens (tertiary/aromatic N) is 5. The number of hydrogen-bond acceptors (Lipinski definition) is 3. The average molecular weight is 826 g/mol. The fourth-order valence-electron chi connectivity index (χ4n) is 10.4. The number of hydrogen-bond donors (Lipinski definition) is 0. The van der Waals surface area contributed by atoms with E-state index in [1.807, 2.05) is 24.3 Å². The Bertz CT molecular complexity index is 3610. The molecule has 11 aromatic rings. The van der Waals surface area contributed by atoms with Crippen molar-refractivity contribution in [3.63, 3.8) is 0 Å². The molecule has 0 saturated carbocycles. The summed E-state index contributed by atoms with van der Waals surface area (Å²) in [6.45, 7) is 9.62. The molecular formula is C59H47N5. The van der Waals surface area contributed by atoms with Gasteiger partial charge < -0.3 is 4.57 Å². The average Bonchev–Trinajstić information content (AvgIpc) is 3.86. The number of para-hydroxylation sites is 3. The first-order chi connectivity index (χ1) is 31.2. The molecule has 8 aromatic carbocycles. The van der Waals surface area contributed by atoms with Crippen LogP contribution >= 0.6 is 0 Å². The zero-order chi connectivity index (χ0) is 43.2. The number of aromatic nitrogens is 5. The van der Waals surface area contributed by atoms with Gasteiger partial charge in [-0.05, 0) is 75.8 Å². The number of fused-ring (bicyclic) bond motifs is 8. The van der Waals surface area contributed by atoms with E-state index in [0.717, 1.165) is 67.2 Å². The molecule has 5 nitrogen and oxygen atoms in total. The van der Waals surface area contributed by atoms with Crippen LogP contribution in [0.5, 0.6) is 0 Å². The second kappa shape index (κ2) is 14.5. The number of rotatable bonds is 6. The summed E-state index contributed by atoms with van der Waals surface area (Å²) in [5, 5.41) is 4.64. The van der Waals surface area contributed by atoms with Crippen molar-refractivity contribution in [3.05, 3.63) is 199 Å². The van der Waals surface area contributed by atoms with Crippen LogP contribution < -0.4 is 0 Å². The maximum atomic E-state index is 5.43. The van der Waals surface area contributed by atoms with Gasteiger partial charge in [-0.15, -0.1) is 0 Å². The molecule has 0 unspecified atom stereocenters. The van der Waals surface area contributed by atoms with Crippen LogP contribution in [0.15, 0.2) is 188 Å². The molecule has 5 heteroatoms. The lowest BCUT2D eigenvalue weighted by Gasteiger charge is -2.42. The highest BCUT2D eigenvalue weighted by Gasteiger charge is 2.37. The molecule has 12 rings (SSSR count). The molecule has 0 bridgehead atoms. The van der Waals surface area contributed by atoms with Crippen molar-refractivity contribution >= 4 is 43.6 Å². The summed E-state index contributed by atoms with van der Waals surface area (Å²) in [6.07, 6.45) is 2.35. The quantitative estimate of drug-likeness (QED) is 0.168. The maximum absolute atomic E-state index is 5.43. The van der Waals surface area contributed by atoms with Crippen LogP contribution in [0.4, 0.5) is 0 Å². The van der Waals surface area contributed by atoms with Crippen molar-refractivity contribution in [1.82, 2.24) is 24.1 Å². The van der Waals surface area contributed by atoms with Gasteiger partial charge in [-0.3, -0.25) is 4.57 Å². The molecule has 0 saturated heterocycles. The summed E-state index contributed by atoms with van der Waals surface area (Å²) >= 11 is 0. The van der Waals surface area contributed by atoms with Gasteiger partial charge in [0.25, 0.3) is 0 Å². The molecule has 0 amide bonds. The van der Waals surface area contributed by atoms with Crippen LogP contribution in [0.25, 0.3) is 100 Å². The van der Waals surface area contributed by atoms with Crippen LogP contribution in [0.2, 0.25) is 0 Å². The molecule has 0 radical (unpaired) electrons. The van der Waals surface area contributed by atoms with Gasteiger partial charge in [0.15, 0.2) is 11.6 Å². The topological polar surface area (TPSA) is 48.5 Å². The molecule has 3 heterocycles. The Morgan fingerprint density at radius 1 is 0.375 bits per heavy atom. The van der Waals surface area contributed by atoms with Gasteiger partial charge in [0.05, 0.1) is 27.8 Å². The predicted octanol–water partition coefficient (Wildman–Crippen LogP) is 15.1. The third-order valence-corrected chi connectivity index (χ3v) is 13.9. The highest BCUT2D eigenvalue weighted by Crippen LogP contribution is 2.48. The molecule has 0 atom stereocenters. The third kappa shape index (κ3) is 6.02. The Morgan fingerprint density at radius 3 is 1.61 bits per heavy atom. The molecule has 64 heavy (non-hydrogen) atoms. The Hall–Kier alpha value is -7.63. The van der Waals surface area contributed by atoms with Gasteiger partial charge in [-0.25, -0.2) is 4.98 Å².